The Morgan fingerprint density at radius 1 is 1.62 bits per heavy atom. The van der Waals surface area contributed by atoms with Gasteiger partial charge in [0.1, 0.15) is 5.84 Å². The van der Waals surface area contributed by atoms with E-state index < -0.39 is 0 Å². The first-order valence-corrected chi connectivity index (χ1v) is 4.93. The minimum absolute atomic E-state index is 0.152. The Morgan fingerprint density at radius 3 is 2.88 bits per heavy atom. The van der Waals surface area contributed by atoms with Crippen LogP contribution in [-0.4, -0.2) is 17.0 Å². The van der Waals surface area contributed by atoms with Gasteiger partial charge in [-0.05, 0) is 24.6 Å². The van der Waals surface area contributed by atoms with E-state index in [-0.39, 0.29) is 18.2 Å². The molecule has 86 valence electrons. The van der Waals surface area contributed by atoms with Crippen molar-refractivity contribution in [1.82, 2.24) is 0 Å². The number of benzene rings is 1. The number of halogens is 1. The Morgan fingerprint density at radius 2 is 2.31 bits per heavy atom. The number of nitrogens with one attached hydrogen (secondary N) is 1. The van der Waals surface area contributed by atoms with E-state index in [1.54, 1.807) is 12.1 Å². The second-order valence-corrected chi connectivity index (χ2v) is 3.71. The molecule has 6 heteroatoms. The third kappa shape index (κ3) is 3.43. The first-order chi connectivity index (χ1) is 7.52. The summed E-state index contributed by atoms with van der Waals surface area (Å²) in [5.41, 5.74) is 6.70. The lowest BCUT2D eigenvalue weighted by molar-refractivity contribution is -0.115. The number of carbonyl (C=O) groups excluding carboxylic acids is 1. The molecule has 16 heavy (non-hydrogen) atoms. The van der Waals surface area contributed by atoms with Gasteiger partial charge < -0.3 is 16.3 Å². The normalized spacial score (nSPS) is 11.2. The van der Waals surface area contributed by atoms with Gasteiger partial charge in [-0.15, -0.1) is 0 Å². The Kier molecular flexibility index (Phi) is 4.13. The fourth-order valence-corrected chi connectivity index (χ4v) is 1.40. The van der Waals surface area contributed by atoms with Crippen LogP contribution in [0.5, 0.6) is 0 Å². The zero-order chi connectivity index (χ0) is 12.1. The fraction of sp³-hybridized carbons (Fsp3) is 0.200. The second-order valence-electron chi connectivity index (χ2n) is 3.30. The van der Waals surface area contributed by atoms with Gasteiger partial charge in [-0.2, -0.15) is 0 Å². The number of anilines is 1. The Hall–Kier alpha value is -1.75. The van der Waals surface area contributed by atoms with Crippen molar-refractivity contribution in [3.63, 3.8) is 0 Å². The third-order valence-corrected chi connectivity index (χ3v) is 2.18. The molecule has 0 aliphatic carbocycles. The molecule has 1 amide bonds. The van der Waals surface area contributed by atoms with E-state index in [1.807, 2.05) is 13.0 Å². The zero-order valence-corrected chi connectivity index (χ0v) is 9.45. The average Bonchev–Trinajstić information content (AvgIpc) is 2.22. The molecule has 5 nitrogen and oxygen atoms in total. The highest BCUT2D eigenvalue weighted by Crippen LogP contribution is 2.22. The molecular weight excluding hydrogens is 230 g/mol. The highest BCUT2D eigenvalue weighted by molar-refractivity contribution is 6.33. The maximum absolute atomic E-state index is 11.4. The van der Waals surface area contributed by atoms with E-state index in [4.69, 9.17) is 22.5 Å². The van der Waals surface area contributed by atoms with Crippen LogP contribution in [0.3, 0.4) is 0 Å². The smallest absolute Gasteiger partial charge is 0.232 e. The maximum atomic E-state index is 11.4. The van der Waals surface area contributed by atoms with Gasteiger partial charge in [-0.1, -0.05) is 22.8 Å². The topological polar surface area (TPSA) is 87.7 Å². The molecule has 0 saturated carbocycles. The van der Waals surface area contributed by atoms with Gasteiger partial charge >= 0.3 is 0 Å². The van der Waals surface area contributed by atoms with Gasteiger partial charge in [-0.3, -0.25) is 4.79 Å². The zero-order valence-electron chi connectivity index (χ0n) is 8.70. The molecule has 0 aliphatic heterocycles. The molecule has 4 N–H and O–H groups in total. The van der Waals surface area contributed by atoms with Gasteiger partial charge in [0.25, 0.3) is 0 Å². The van der Waals surface area contributed by atoms with Gasteiger partial charge in [0.2, 0.25) is 5.91 Å². The third-order valence-electron chi connectivity index (χ3n) is 1.87. The van der Waals surface area contributed by atoms with Crippen LogP contribution in [0.25, 0.3) is 0 Å². The summed E-state index contributed by atoms with van der Waals surface area (Å²) in [7, 11) is 0. The molecular formula is C10H12ClN3O2. The van der Waals surface area contributed by atoms with Crippen molar-refractivity contribution < 1.29 is 10.0 Å². The Bertz CT molecular complexity index is 432. The predicted molar refractivity (Wildman–Crippen MR) is 62.8 cm³/mol. The molecule has 0 atom stereocenters. The number of aryl methyl sites for hydroxylation is 1. The number of amidine groups is 1. The molecule has 1 rings (SSSR count). The quantitative estimate of drug-likeness (QED) is 0.326. The van der Waals surface area contributed by atoms with E-state index >= 15 is 0 Å². The highest BCUT2D eigenvalue weighted by atomic mass is 35.5. The highest BCUT2D eigenvalue weighted by Gasteiger charge is 2.07. The summed E-state index contributed by atoms with van der Waals surface area (Å²) in [4.78, 5) is 11.4. The summed E-state index contributed by atoms with van der Waals surface area (Å²) in [5.74, 6) is -0.540. The first kappa shape index (κ1) is 12.3. The largest absolute Gasteiger partial charge is 0.409 e. The van der Waals surface area contributed by atoms with Crippen LogP contribution in [0.4, 0.5) is 5.69 Å². The predicted octanol–water partition coefficient (Wildman–Crippen LogP) is 1.72. The van der Waals surface area contributed by atoms with E-state index in [1.165, 1.54) is 0 Å². The van der Waals surface area contributed by atoms with Crippen LogP contribution in [0, 0.1) is 6.92 Å². The summed E-state index contributed by atoms with van der Waals surface area (Å²) in [5, 5.41) is 14.0. The number of oxime groups is 1. The van der Waals surface area contributed by atoms with Crippen molar-refractivity contribution in [3.05, 3.63) is 28.8 Å². The van der Waals surface area contributed by atoms with Gasteiger partial charge in [-0.25, -0.2) is 0 Å². The number of nitrogens with zero attached hydrogens (tertiary/aromatic N) is 1. The fourth-order valence-electron chi connectivity index (χ4n) is 1.12. The molecule has 0 spiro atoms. The number of nitrogens with two attached hydrogens (primary N) is 1. The van der Waals surface area contributed by atoms with E-state index in [9.17, 15) is 4.79 Å². The molecule has 0 aliphatic rings. The van der Waals surface area contributed by atoms with E-state index in [2.05, 4.69) is 10.5 Å². The number of carbonyl (C=O) groups is 1. The van der Waals surface area contributed by atoms with Crippen molar-refractivity contribution in [3.8, 4) is 0 Å². The van der Waals surface area contributed by atoms with Gasteiger partial charge in [0.15, 0.2) is 0 Å². The lowest BCUT2D eigenvalue weighted by atomic mass is 10.2. The van der Waals surface area contributed by atoms with Gasteiger partial charge in [0.05, 0.1) is 17.1 Å². The molecule has 0 fully saturated rings. The number of hydrogen-bond acceptors (Lipinski definition) is 3. The molecule has 1 aromatic carbocycles. The summed E-state index contributed by atoms with van der Waals surface area (Å²) < 4.78 is 0. The maximum Gasteiger partial charge on any atom is 0.232 e. The van der Waals surface area contributed by atoms with E-state index in [0.29, 0.717) is 10.7 Å². The number of amides is 1. The van der Waals surface area contributed by atoms with Crippen LogP contribution >= 0.6 is 11.6 Å². The van der Waals surface area contributed by atoms with Crippen molar-refractivity contribution in [2.24, 2.45) is 10.9 Å². The van der Waals surface area contributed by atoms with Crippen LogP contribution in [-0.2, 0) is 4.79 Å². The minimum Gasteiger partial charge on any atom is -0.409 e. The lowest BCUT2D eigenvalue weighted by Gasteiger charge is -2.07. The average molecular weight is 242 g/mol. The first-order valence-electron chi connectivity index (χ1n) is 4.55. The van der Waals surface area contributed by atoms with Crippen LogP contribution in [0.15, 0.2) is 23.4 Å². The molecule has 0 aromatic heterocycles. The molecule has 0 saturated heterocycles. The van der Waals surface area contributed by atoms with Crippen molar-refractivity contribution in [1.29, 1.82) is 0 Å². The van der Waals surface area contributed by atoms with Crippen LogP contribution in [0.2, 0.25) is 5.02 Å². The lowest BCUT2D eigenvalue weighted by Crippen LogP contribution is -2.22. The SMILES string of the molecule is Cc1ccc(NC(=O)C/C(N)=N/O)c(Cl)c1. The standard InChI is InChI=1S/C10H12ClN3O2/c1-6-2-3-8(7(11)4-6)13-10(15)5-9(12)14-16/h2-4,16H,5H2,1H3,(H2,12,14)(H,13,15). The van der Waals surface area contributed by atoms with E-state index in [0.717, 1.165) is 5.56 Å². The van der Waals surface area contributed by atoms with Gasteiger partial charge in [0, 0.05) is 0 Å². The molecule has 0 bridgehead atoms. The summed E-state index contributed by atoms with van der Waals surface area (Å²) in [6.45, 7) is 1.90. The summed E-state index contributed by atoms with van der Waals surface area (Å²) >= 11 is 5.92. The van der Waals surface area contributed by atoms with Crippen LogP contribution in [0.1, 0.15) is 12.0 Å². The van der Waals surface area contributed by atoms with Crippen molar-refractivity contribution in [2.45, 2.75) is 13.3 Å². The summed E-state index contributed by atoms with van der Waals surface area (Å²) in [6.07, 6.45) is -0.180. The molecule has 0 radical (unpaired) electrons. The van der Waals surface area contributed by atoms with Crippen molar-refractivity contribution in [2.75, 3.05) is 5.32 Å². The molecule has 1 aromatic rings. The Labute approximate surface area is 97.9 Å². The number of hydrogen-bond donors (Lipinski definition) is 3. The molecule has 0 heterocycles. The second kappa shape index (κ2) is 5.37. The minimum atomic E-state index is -0.388. The molecule has 0 unspecified atom stereocenters. The van der Waals surface area contributed by atoms with Crippen LogP contribution < -0.4 is 11.1 Å². The Balaban J connectivity index is 2.70. The van der Waals surface area contributed by atoms with Crippen molar-refractivity contribution >= 4 is 29.0 Å². The summed E-state index contributed by atoms with van der Waals surface area (Å²) in [6, 6.07) is 5.26. The number of rotatable bonds is 3. The monoisotopic (exact) mass is 241 g/mol.